The Balaban J connectivity index is 2.01. The molecule has 118 valence electrons. The lowest BCUT2D eigenvalue weighted by Crippen LogP contribution is -2.30. The zero-order chi connectivity index (χ0) is 16.8. The van der Waals surface area contributed by atoms with Crippen molar-refractivity contribution < 1.29 is 9.53 Å². The van der Waals surface area contributed by atoms with Crippen LogP contribution in [-0.4, -0.2) is 12.0 Å². The molecule has 0 fully saturated rings. The minimum absolute atomic E-state index is 0.291. The second-order valence-corrected chi connectivity index (χ2v) is 5.63. The Morgan fingerprint density at radius 2 is 1.74 bits per heavy atom. The van der Waals surface area contributed by atoms with Crippen LogP contribution in [0.4, 0.5) is 5.69 Å². The van der Waals surface area contributed by atoms with Crippen molar-refractivity contribution in [3.05, 3.63) is 59.7 Å². The van der Waals surface area contributed by atoms with Crippen LogP contribution in [0.15, 0.2) is 48.5 Å². The molecule has 4 heteroatoms. The van der Waals surface area contributed by atoms with Crippen LogP contribution in [0.2, 0.25) is 0 Å². The number of anilines is 1. The van der Waals surface area contributed by atoms with Crippen molar-refractivity contribution in [1.29, 1.82) is 5.26 Å². The van der Waals surface area contributed by atoms with Gasteiger partial charge in [0.15, 0.2) is 6.10 Å². The summed E-state index contributed by atoms with van der Waals surface area (Å²) in [5.74, 6) is 0.804. The van der Waals surface area contributed by atoms with Gasteiger partial charge in [-0.1, -0.05) is 38.1 Å². The summed E-state index contributed by atoms with van der Waals surface area (Å²) in [5, 5.41) is 11.8. The molecule has 2 aromatic carbocycles. The van der Waals surface area contributed by atoms with E-state index in [2.05, 4.69) is 25.2 Å². The predicted molar refractivity (Wildman–Crippen MR) is 90.4 cm³/mol. The minimum atomic E-state index is -0.661. The number of hydrogen-bond acceptors (Lipinski definition) is 3. The van der Waals surface area contributed by atoms with Crippen molar-refractivity contribution in [2.45, 2.75) is 32.8 Å². The van der Waals surface area contributed by atoms with Crippen molar-refractivity contribution in [3.8, 4) is 11.8 Å². The lowest BCUT2D eigenvalue weighted by molar-refractivity contribution is -0.122. The molecule has 0 aliphatic rings. The van der Waals surface area contributed by atoms with Gasteiger partial charge in [0.1, 0.15) is 11.8 Å². The molecule has 0 radical (unpaired) electrons. The third-order valence-corrected chi connectivity index (χ3v) is 3.53. The maximum atomic E-state index is 12.2. The molecule has 0 bridgehead atoms. The molecular weight excluding hydrogens is 288 g/mol. The number of nitrogens with zero attached hydrogens (tertiary/aromatic N) is 1. The zero-order valence-corrected chi connectivity index (χ0v) is 13.5. The van der Waals surface area contributed by atoms with Crippen LogP contribution in [0, 0.1) is 11.3 Å². The number of nitriles is 1. The third kappa shape index (κ3) is 4.33. The molecule has 23 heavy (non-hydrogen) atoms. The number of ether oxygens (including phenoxy) is 1. The number of carbonyl (C=O) groups is 1. The fourth-order valence-electron chi connectivity index (χ4n) is 2.11. The summed E-state index contributed by atoms with van der Waals surface area (Å²) in [6.07, 6.45) is -0.661. The molecular formula is C19H20N2O2. The van der Waals surface area contributed by atoms with Gasteiger partial charge in [0.2, 0.25) is 0 Å². The van der Waals surface area contributed by atoms with Crippen LogP contribution in [0.3, 0.4) is 0 Å². The number of nitrogens with one attached hydrogen (secondary N) is 1. The largest absolute Gasteiger partial charge is 0.481 e. The monoisotopic (exact) mass is 308 g/mol. The van der Waals surface area contributed by atoms with Crippen molar-refractivity contribution in [2.24, 2.45) is 0 Å². The molecule has 0 aliphatic carbocycles. The highest BCUT2D eigenvalue weighted by Gasteiger charge is 2.16. The first-order valence-electron chi connectivity index (χ1n) is 7.58. The molecule has 2 rings (SSSR count). The second kappa shape index (κ2) is 7.46. The highest BCUT2D eigenvalue weighted by Crippen LogP contribution is 2.20. The zero-order valence-electron chi connectivity index (χ0n) is 13.5. The van der Waals surface area contributed by atoms with Gasteiger partial charge in [-0.05, 0) is 42.7 Å². The first-order chi connectivity index (χ1) is 11.0. The molecule has 0 saturated heterocycles. The summed E-state index contributed by atoms with van der Waals surface area (Å²) in [7, 11) is 0. The topological polar surface area (TPSA) is 62.1 Å². The Kier molecular flexibility index (Phi) is 5.37. The van der Waals surface area contributed by atoms with Gasteiger partial charge < -0.3 is 10.1 Å². The maximum Gasteiger partial charge on any atom is 0.265 e. The van der Waals surface area contributed by atoms with Crippen molar-refractivity contribution >= 4 is 11.6 Å². The smallest absolute Gasteiger partial charge is 0.265 e. The van der Waals surface area contributed by atoms with E-state index < -0.39 is 6.10 Å². The molecule has 0 saturated carbocycles. The SMILES string of the molecule is CC(C)c1ccc(O[C@@H](C)C(=O)Nc2ccccc2C#N)cc1. The summed E-state index contributed by atoms with van der Waals surface area (Å²) in [5.41, 5.74) is 2.14. The molecule has 1 N–H and O–H groups in total. The standard InChI is InChI=1S/C19H20N2O2/c1-13(2)15-8-10-17(11-9-15)23-14(3)19(22)21-18-7-5-4-6-16(18)12-20/h4-11,13-14H,1-3H3,(H,21,22)/t14-/m0/s1. The number of amides is 1. The first kappa shape index (κ1) is 16.6. The molecule has 2 aromatic rings. The van der Waals surface area contributed by atoms with Gasteiger partial charge in [-0.2, -0.15) is 5.26 Å². The summed E-state index contributed by atoms with van der Waals surface area (Å²) < 4.78 is 5.66. The molecule has 0 spiro atoms. The highest BCUT2D eigenvalue weighted by molar-refractivity contribution is 5.95. The molecule has 1 atom stereocenters. The molecule has 1 amide bonds. The van der Waals surface area contributed by atoms with E-state index >= 15 is 0 Å². The van der Waals surface area contributed by atoms with Crippen molar-refractivity contribution in [1.82, 2.24) is 0 Å². The first-order valence-corrected chi connectivity index (χ1v) is 7.58. The summed E-state index contributed by atoms with van der Waals surface area (Å²) in [6, 6.07) is 16.6. The Hall–Kier alpha value is -2.80. The molecule has 0 unspecified atom stereocenters. The lowest BCUT2D eigenvalue weighted by atomic mass is 10.0. The van der Waals surface area contributed by atoms with E-state index in [1.54, 1.807) is 31.2 Å². The van der Waals surface area contributed by atoms with Gasteiger partial charge in [0, 0.05) is 0 Å². The Morgan fingerprint density at radius 3 is 2.35 bits per heavy atom. The van der Waals surface area contributed by atoms with Crippen LogP contribution >= 0.6 is 0 Å². The fourth-order valence-corrected chi connectivity index (χ4v) is 2.11. The van der Waals surface area contributed by atoms with Gasteiger partial charge >= 0.3 is 0 Å². The number of para-hydroxylation sites is 1. The van der Waals surface area contributed by atoms with Crippen LogP contribution in [0.5, 0.6) is 5.75 Å². The average molecular weight is 308 g/mol. The average Bonchev–Trinajstić information content (AvgIpc) is 2.55. The third-order valence-electron chi connectivity index (χ3n) is 3.53. The number of hydrogen-bond donors (Lipinski definition) is 1. The summed E-state index contributed by atoms with van der Waals surface area (Å²) in [6.45, 7) is 5.93. The van der Waals surface area contributed by atoms with Crippen molar-refractivity contribution in [2.75, 3.05) is 5.32 Å². The highest BCUT2D eigenvalue weighted by atomic mass is 16.5. The van der Waals surface area contributed by atoms with E-state index in [-0.39, 0.29) is 5.91 Å². The van der Waals surface area contributed by atoms with E-state index in [1.807, 2.05) is 24.3 Å². The fraction of sp³-hybridized carbons (Fsp3) is 0.263. The van der Waals surface area contributed by atoms with Gasteiger partial charge in [-0.25, -0.2) is 0 Å². The van der Waals surface area contributed by atoms with Crippen LogP contribution < -0.4 is 10.1 Å². The van der Waals surface area contributed by atoms with E-state index in [9.17, 15) is 4.79 Å². The summed E-state index contributed by atoms with van der Waals surface area (Å²) >= 11 is 0. The predicted octanol–water partition coefficient (Wildman–Crippen LogP) is 4.09. The normalized spacial score (nSPS) is 11.6. The number of rotatable bonds is 5. The van der Waals surface area contributed by atoms with E-state index in [0.29, 0.717) is 22.9 Å². The van der Waals surface area contributed by atoms with Crippen molar-refractivity contribution in [3.63, 3.8) is 0 Å². The van der Waals surface area contributed by atoms with E-state index in [4.69, 9.17) is 10.00 Å². The van der Waals surface area contributed by atoms with Gasteiger partial charge in [0.05, 0.1) is 11.3 Å². The van der Waals surface area contributed by atoms with Crippen LogP contribution in [-0.2, 0) is 4.79 Å². The Morgan fingerprint density at radius 1 is 1.09 bits per heavy atom. The molecule has 0 heterocycles. The Labute approximate surface area is 136 Å². The molecule has 0 aromatic heterocycles. The van der Waals surface area contributed by atoms with Crippen LogP contribution in [0.1, 0.15) is 37.8 Å². The Bertz CT molecular complexity index is 715. The maximum absolute atomic E-state index is 12.2. The van der Waals surface area contributed by atoms with Gasteiger partial charge in [-0.3, -0.25) is 4.79 Å². The summed E-state index contributed by atoms with van der Waals surface area (Å²) in [4.78, 5) is 12.2. The number of carbonyl (C=O) groups excluding carboxylic acids is 1. The van der Waals surface area contributed by atoms with E-state index in [1.165, 1.54) is 5.56 Å². The minimum Gasteiger partial charge on any atom is -0.481 e. The number of benzene rings is 2. The second-order valence-electron chi connectivity index (χ2n) is 5.63. The lowest BCUT2D eigenvalue weighted by Gasteiger charge is -2.16. The quantitative estimate of drug-likeness (QED) is 0.905. The van der Waals surface area contributed by atoms with Gasteiger partial charge in [0.25, 0.3) is 5.91 Å². The van der Waals surface area contributed by atoms with E-state index in [0.717, 1.165) is 0 Å². The van der Waals surface area contributed by atoms with Crippen LogP contribution in [0.25, 0.3) is 0 Å². The molecule has 4 nitrogen and oxygen atoms in total. The molecule has 0 aliphatic heterocycles. The van der Waals surface area contributed by atoms with Gasteiger partial charge in [-0.15, -0.1) is 0 Å².